The van der Waals surface area contributed by atoms with Crippen LogP contribution >= 0.6 is 0 Å². The topological polar surface area (TPSA) is 178 Å². The van der Waals surface area contributed by atoms with Gasteiger partial charge >= 0.3 is 0 Å². The lowest BCUT2D eigenvalue weighted by atomic mass is 9.72. The Balaban J connectivity index is 0.699. The lowest BCUT2D eigenvalue weighted by molar-refractivity contribution is -0.143. The van der Waals surface area contributed by atoms with Crippen LogP contribution in [0.1, 0.15) is 133 Å². The first-order valence-corrected chi connectivity index (χ1v) is 28.2. The summed E-state index contributed by atoms with van der Waals surface area (Å²) in [6.07, 6.45) is 15.4. The van der Waals surface area contributed by atoms with E-state index < -0.39 is 5.41 Å². The summed E-state index contributed by atoms with van der Waals surface area (Å²) in [5.41, 5.74) is 5.40. The highest BCUT2D eigenvalue weighted by atomic mass is 19.1. The largest absolute Gasteiger partial charge is 0.367 e. The number of imide groups is 1. The number of para-hydroxylation sites is 1. The van der Waals surface area contributed by atoms with Gasteiger partial charge < -0.3 is 34.8 Å². The van der Waals surface area contributed by atoms with Crippen molar-refractivity contribution < 1.29 is 28.4 Å². The van der Waals surface area contributed by atoms with Gasteiger partial charge in [0.15, 0.2) is 5.82 Å². The summed E-state index contributed by atoms with van der Waals surface area (Å²) < 4.78 is 17.2. The van der Waals surface area contributed by atoms with Crippen molar-refractivity contribution in [1.29, 1.82) is 0 Å². The number of rotatable bonds is 11. The molecule has 3 aromatic heterocycles. The second-order valence-corrected chi connectivity index (χ2v) is 23.0. The van der Waals surface area contributed by atoms with Gasteiger partial charge in [-0.05, 0) is 152 Å². The number of piperidine rings is 4. The van der Waals surface area contributed by atoms with Gasteiger partial charge in [-0.25, -0.2) is 19.3 Å². The predicted molar refractivity (Wildman–Crippen MR) is 288 cm³/mol. The van der Waals surface area contributed by atoms with Gasteiger partial charge in [0, 0.05) is 86.1 Å². The number of hydrogen-bond acceptors (Lipinski definition) is 11. The van der Waals surface area contributed by atoms with Crippen LogP contribution in [0.25, 0.3) is 22.3 Å². The van der Waals surface area contributed by atoms with Gasteiger partial charge in [0.05, 0.1) is 34.6 Å². The Morgan fingerprint density at radius 3 is 2.16 bits per heavy atom. The van der Waals surface area contributed by atoms with Crippen LogP contribution in [-0.2, 0) is 29.4 Å². The monoisotopic (exact) mass is 1030 g/mol. The van der Waals surface area contributed by atoms with E-state index in [9.17, 15) is 19.2 Å². The lowest BCUT2D eigenvalue weighted by Gasteiger charge is -2.48. The molecule has 3 N–H and O–H groups in total. The van der Waals surface area contributed by atoms with E-state index in [2.05, 4.69) is 62.8 Å². The SMILES string of the molecule is CC(C)n1cnc2cc(-c3ccc4c(c3)N(C3CC(N5CCCCC5)C3)C(=O)C43CCN(C(=O)C4CCC(C(=O)N5CCC(Nc6ccc(C7CCC(=O)NC7=O)cn6)CC5)CC4)CC3)nc(Nc3ccccc3F)c21. The molecule has 1 atom stereocenters. The summed E-state index contributed by atoms with van der Waals surface area (Å²) >= 11 is 0. The van der Waals surface area contributed by atoms with Gasteiger partial charge in [0.25, 0.3) is 0 Å². The fraction of sp³-hybridized carbons (Fsp3) is 0.525. The number of benzene rings is 2. The number of aromatic nitrogens is 4. The zero-order valence-corrected chi connectivity index (χ0v) is 43.8. The number of carbonyl (C=O) groups is 5. The van der Waals surface area contributed by atoms with Gasteiger partial charge in [-0.1, -0.05) is 36.8 Å². The molecular formula is C59H70FN11O5. The van der Waals surface area contributed by atoms with Crippen molar-refractivity contribution in [2.45, 2.75) is 146 Å². The van der Waals surface area contributed by atoms with Crippen molar-refractivity contribution in [2.24, 2.45) is 11.8 Å². The van der Waals surface area contributed by atoms with Gasteiger partial charge in [-0.2, -0.15) is 0 Å². The second kappa shape index (κ2) is 20.7. The van der Waals surface area contributed by atoms with Crippen LogP contribution in [0.3, 0.4) is 0 Å². The van der Waals surface area contributed by atoms with E-state index >= 15 is 9.18 Å². The summed E-state index contributed by atoms with van der Waals surface area (Å²) in [5.74, 6) is 0.230. The third-order valence-electron chi connectivity index (χ3n) is 18.2. The Hall–Kier alpha value is -6.75. The highest BCUT2D eigenvalue weighted by molar-refractivity contribution is 6.09. The molecule has 76 heavy (non-hydrogen) atoms. The van der Waals surface area contributed by atoms with Crippen molar-refractivity contribution in [2.75, 3.05) is 54.8 Å². The number of carbonyl (C=O) groups excluding carboxylic acids is 5. The molecule has 2 aromatic carbocycles. The number of amides is 5. The Morgan fingerprint density at radius 1 is 0.776 bits per heavy atom. The maximum Gasteiger partial charge on any atom is 0.238 e. The van der Waals surface area contributed by atoms with Crippen LogP contribution < -0.4 is 20.9 Å². The van der Waals surface area contributed by atoms with Crippen LogP contribution in [0.5, 0.6) is 0 Å². The summed E-state index contributed by atoms with van der Waals surface area (Å²) in [4.78, 5) is 90.6. The van der Waals surface area contributed by atoms with E-state index in [-0.39, 0.29) is 71.2 Å². The van der Waals surface area contributed by atoms with Crippen LogP contribution in [0.4, 0.5) is 27.4 Å². The molecule has 1 unspecified atom stereocenters. The number of hydrogen-bond donors (Lipinski definition) is 3. The number of nitrogens with one attached hydrogen (secondary N) is 3. The molecule has 0 radical (unpaired) electrons. The van der Waals surface area contributed by atoms with E-state index in [0.717, 1.165) is 78.0 Å². The molecule has 8 heterocycles. The van der Waals surface area contributed by atoms with E-state index in [1.54, 1.807) is 30.7 Å². The summed E-state index contributed by atoms with van der Waals surface area (Å²) in [7, 11) is 0. The average Bonchev–Trinajstić information content (AvgIpc) is 4.00. The Morgan fingerprint density at radius 2 is 1.49 bits per heavy atom. The average molecular weight is 1030 g/mol. The van der Waals surface area contributed by atoms with Crippen molar-refractivity contribution in [3.05, 3.63) is 90.1 Å². The number of nitrogens with zero attached hydrogens (tertiary/aromatic N) is 8. The molecule has 17 heteroatoms. The van der Waals surface area contributed by atoms with Gasteiger partial charge in [0.1, 0.15) is 17.2 Å². The van der Waals surface area contributed by atoms with Crippen molar-refractivity contribution in [3.8, 4) is 11.3 Å². The Labute approximate surface area is 443 Å². The molecule has 16 nitrogen and oxygen atoms in total. The highest BCUT2D eigenvalue weighted by Gasteiger charge is 2.56. The summed E-state index contributed by atoms with van der Waals surface area (Å²) in [6, 6.07) is 19.5. The highest BCUT2D eigenvalue weighted by Crippen LogP contribution is 2.52. The molecule has 6 fully saturated rings. The van der Waals surface area contributed by atoms with Crippen molar-refractivity contribution >= 4 is 63.6 Å². The van der Waals surface area contributed by atoms with E-state index in [1.807, 2.05) is 32.6 Å². The quantitative estimate of drug-likeness (QED) is 0.108. The predicted octanol–water partition coefficient (Wildman–Crippen LogP) is 8.61. The smallest absolute Gasteiger partial charge is 0.238 e. The molecule has 5 amide bonds. The summed E-state index contributed by atoms with van der Waals surface area (Å²) in [6.45, 7) is 8.72. The molecule has 4 saturated heterocycles. The minimum absolute atomic E-state index is 0.0826. The first-order valence-electron chi connectivity index (χ1n) is 28.2. The van der Waals surface area contributed by atoms with Gasteiger partial charge in [-0.15, -0.1) is 0 Å². The minimum Gasteiger partial charge on any atom is -0.367 e. The van der Waals surface area contributed by atoms with E-state index in [0.29, 0.717) is 101 Å². The molecular weight excluding hydrogens is 962 g/mol. The number of anilines is 4. The van der Waals surface area contributed by atoms with E-state index in [1.165, 1.54) is 25.3 Å². The number of imidazole rings is 1. The molecule has 1 spiro atoms. The number of fused-ring (bicyclic) bond motifs is 3. The normalized spacial score (nSPS) is 25.2. The van der Waals surface area contributed by atoms with Gasteiger partial charge in [0.2, 0.25) is 29.5 Å². The number of likely N-dealkylation sites (tertiary alicyclic amines) is 3. The fourth-order valence-electron chi connectivity index (χ4n) is 13.7. The Bertz CT molecular complexity index is 3030. The van der Waals surface area contributed by atoms with Crippen LogP contribution in [0.2, 0.25) is 0 Å². The molecule has 398 valence electrons. The van der Waals surface area contributed by atoms with Crippen LogP contribution in [-0.4, -0.2) is 121 Å². The zero-order chi connectivity index (χ0) is 52.2. The number of pyridine rings is 2. The van der Waals surface area contributed by atoms with Crippen molar-refractivity contribution in [1.82, 2.24) is 39.5 Å². The number of halogens is 1. The second-order valence-electron chi connectivity index (χ2n) is 23.0. The first-order chi connectivity index (χ1) is 36.9. The summed E-state index contributed by atoms with van der Waals surface area (Å²) in [5, 5.41) is 9.21. The standard InChI is InChI=1S/C59H70FN11O5/c1-36(2)70-35-62-49-33-48(65-54(53(49)70)64-47-9-5-4-8-46(47)60)39-14-17-45-50(30-39)71(43-31-42(32-43)67-24-6-3-7-25-67)58(76)59(45)22-28-69(29-23-59)57(75)38-12-10-37(11-13-38)56(74)68-26-20-41(21-27-68)63-51-18-15-40(34-61-51)44-16-19-52(72)66-55(44)73/h4-5,8-9,14-15,17-18,30,33-38,41-44H,3,6-7,10-13,16,19-29,31-32H2,1-2H3,(H,61,63)(H,64,65)(H,66,72,73). The molecule has 0 bridgehead atoms. The van der Waals surface area contributed by atoms with E-state index in [4.69, 9.17) is 9.97 Å². The lowest BCUT2D eigenvalue weighted by Crippen LogP contribution is -2.58. The van der Waals surface area contributed by atoms with Crippen molar-refractivity contribution in [3.63, 3.8) is 0 Å². The maximum absolute atomic E-state index is 15.3. The van der Waals surface area contributed by atoms with Crippen LogP contribution in [0, 0.1) is 17.7 Å². The van der Waals surface area contributed by atoms with Gasteiger partial charge in [-0.3, -0.25) is 29.3 Å². The zero-order valence-electron chi connectivity index (χ0n) is 43.8. The molecule has 2 aliphatic carbocycles. The molecule has 2 saturated carbocycles. The molecule has 12 rings (SSSR count). The van der Waals surface area contributed by atoms with Crippen LogP contribution in [0.15, 0.2) is 73.2 Å². The fourth-order valence-corrected chi connectivity index (χ4v) is 13.7. The molecule has 5 aliphatic heterocycles. The third-order valence-corrected chi connectivity index (χ3v) is 18.2. The Kier molecular flexibility index (Phi) is 13.6. The minimum atomic E-state index is -0.738. The maximum atomic E-state index is 15.3. The molecule has 7 aliphatic rings. The third kappa shape index (κ3) is 9.39. The molecule has 5 aromatic rings. The first kappa shape index (κ1) is 50.1.